The zero-order chi connectivity index (χ0) is 14.3. The second-order valence-corrected chi connectivity index (χ2v) is 7.72. The minimum atomic E-state index is -3.54. The molecule has 0 spiro atoms. The number of nitrogen functional groups attached to an aromatic ring is 1. The van der Waals surface area contributed by atoms with E-state index < -0.39 is 10.0 Å². The lowest BCUT2D eigenvalue weighted by Gasteiger charge is -2.43. The highest BCUT2D eigenvalue weighted by molar-refractivity contribution is 7.89. The van der Waals surface area contributed by atoms with Crippen LogP contribution < -0.4 is 5.73 Å². The first-order valence-electron chi connectivity index (χ1n) is 7.30. The van der Waals surface area contributed by atoms with Crippen LogP contribution in [0, 0.1) is 5.92 Å². The molecule has 7 heteroatoms. The van der Waals surface area contributed by atoms with E-state index in [4.69, 9.17) is 5.73 Å². The lowest BCUT2D eigenvalue weighted by molar-refractivity contribution is 0.128. The Hall–Kier alpha value is -1.08. The fourth-order valence-corrected chi connectivity index (χ4v) is 5.69. The summed E-state index contributed by atoms with van der Waals surface area (Å²) in [6, 6.07) is 0.150. The van der Waals surface area contributed by atoms with Gasteiger partial charge in [-0.15, -0.1) is 0 Å². The van der Waals surface area contributed by atoms with Gasteiger partial charge in [-0.1, -0.05) is 12.8 Å². The standard InChI is InChI=1S/C13H22N4O2S/c1-16-9-15-12(14)13(16)20(18,19)17-8-4-6-10-5-2-3-7-11(10)17/h9-11H,2-8,14H2,1H3. The van der Waals surface area contributed by atoms with Gasteiger partial charge in [-0.05, 0) is 31.6 Å². The molecule has 3 rings (SSSR count). The molecule has 20 heavy (non-hydrogen) atoms. The number of sulfonamides is 1. The molecule has 1 saturated heterocycles. The zero-order valence-electron chi connectivity index (χ0n) is 11.8. The summed E-state index contributed by atoms with van der Waals surface area (Å²) in [5, 5.41) is 0.142. The van der Waals surface area contributed by atoms with Crippen molar-refractivity contribution in [3.63, 3.8) is 0 Å². The van der Waals surface area contributed by atoms with Gasteiger partial charge in [-0.3, -0.25) is 0 Å². The normalized spacial score (nSPS) is 28.2. The summed E-state index contributed by atoms with van der Waals surface area (Å²) in [6.07, 6.45) is 8.02. The third-order valence-electron chi connectivity index (χ3n) is 4.65. The van der Waals surface area contributed by atoms with Crippen LogP contribution in [0.4, 0.5) is 5.82 Å². The van der Waals surface area contributed by atoms with Crippen molar-refractivity contribution < 1.29 is 8.42 Å². The molecule has 1 aliphatic carbocycles. The van der Waals surface area contributed by atoms with Crippen molar-refractivity contribution in [1.82, 2.24) is 13.9 Å². The Morgan fingerprint density at radius 1 is 1.25 bits per heavy atom. The van der Waals surface area contributed by atoms with Crippen LogP contribution in [0.3, 0.4) is 0 Å². The van der Waals surface area contributed by atoms with Gasteiger partial charge in [0.05, 0.1) is 6.33 Å². The molecule has 2 N–H and O–H groups in total. The van der Waals surface area contributed by atoms with Crippen molar-refractivity contribution in [3.05, 3.63) is 6.33 Å². The van der Waals surface area contributed by atoms with Crippen molar-refractivity contribution in [2.75, 3.05) is 12.3 Å². The fraction of sp³-hybridized carbons (Fsp3) is 0.769. The third-order valence-corrected chi connectivity index (χ3v) is 6.71. The Morgan fingerprint density at radius 3 is 2.65 bits per heavy atom. The summed E-state index contributed by atoms with van der Waals surface area (Å²) in [7, 11) is -1.86. The van der Waals surface area contributed by atoms with E-state index >= 15 is 0 Å². The molecule has 1 aliphatic heterocycles. The molecule has 2 heterocycles. The number of fused-ring (bicyclic) bond motifs is 1. The Morgan fingerprint density at radius 2 is 1.95 bits per heavy atom. The molecule has 0 radical (unpaired) electrons. The molecule has 112 valence electrons. The fourth-order valence-electron chi connectivity index (χ4n) is 3.74. The van der Waals surface area contributed by atoms with Crippen molar-refractivity contribution in [1.29, 1.82) is 0 Å². The maximum absolute atomic E-state index is 12.9. The first-order chi connectivity index (χ1) is 9.51. The molecule has 1 saturated carbocycles. The quantitative estimate of drug-likeness (QED) is 0.893. The van der Waals surface area contributed by atoms with E-state index in [0.29, 0.717) is 12.5 Å². The number of imidazole rings is 1. The van der Waals surface area contributed by atoms with Gasteiger partial charge in [-0.25, -0.2) is 13.4 Å². The minimum Gasteiger partial charge on any atom is -0.381 e. The summed E-state index contributed by atoms with van der Waals surface area (Å²) in [6.45, 7) is 0.605. The summed E-state index contributed by atoms with van der Waals surface area (Å²) >= 11 is 0. The average molecular weight is 298 g/mol. The number of nitrogens with two attached hydrogens (primary N) is 1. The summed E-state index contributed by atoms with van der Waals surface area (Å²) < 4.78 is 29.1. The van der Waals surface area contributed by atoms with Crippen molar-refractivity contribution >= 4 is 15.8 Å². The van der Waals surface area contributed by atoms with Crippen molar-refractivity contribution in [3.8, 4) is 0 Å². The SMILES string of the molecule is Cn1cnc(N)c1S(=O)(=O)N1CCCC2CCCCC21. The number of nitrogens with zero attached hydrogens (tertiary/aromatic N) is 3. The molecule has 0 bridgehead atoms. The molecule has 0 amide bonds. The maximum Gasteiger partial charge on any atom is 0.262 e. The van der Waals surface area contributed by atoms with E-state index in [1.807, 2.05) is 0 Å². The second-order valence-electron chi connectivity index (χ2n) is 5.92. The molecule has 2 fully saturated rings. The molecule has 0 aromatic carbocycles. The highest BCUT2D eigenvalue weighted by Crippen LogP contribution is 2.38. The zero-order valence-corrected chi connectivity index (χ0v) is 12.6. The van der Waals surface area contributed by atoms with Crippen LogP contribution in [0.25, 0.3) is 0 Å². The summed E-state index contributed by atoms with van der Waals surface area (Å²) in [5.74, 6) is 0.618. The average Bonchev–Trinajstić information content (AvgIpc) is 2.78. The first kappa shape index (κ1) is 13.9. The molecule has 2 atom stereocenters. The number of hydrogen-bond acceptors (Lipinski definition) is 4. The van der Waals surface area contributed by atoms with E-state index in [2.05, 4.69) is 4.98 Å². The number of rotatable bonds is 2. The molecular formula is C13H22N4O2S. The van der Waals surface area contributed by atoms with Gasteiger partial charge in [0.2, 0.25) is 0 Å². The van der Waals surface area contributed by atoms with Gasteiger partial charge in [-0.2, -0.15) is 4.31 Å². The van der Waals surface area contributed by atoms with Crippen LogP contribution in [0.2, 0.25) is 0 Å². The first-order valence-corrected chi connectivity index (χ1v) is 8.74. The van der Waals surface area contributed by atoms with Crippen LogP contribution >= 0.6 is 0 Å². The summed E-state index contributed by atoms with van der Waals surface area (Å²) in [4.78, 5) is 3.92. The van der Waals surface area contributed by atoms with Gasteiger partial charge >= 0.3 is 0 Å². The van der Waals surface area contributed by atoms with E-state index in [-0.39, 0.29) is 16.9 Å². The van der Waals surface area contributed by atoms with Crippen LogP contribution in [0.1, 0.15) is 38.5 Å². The van der Waals surface area contributed by atoms with Gasteiger partial charge < -0.3 is 10.3 Å². The van der Waals surface area contributed by atoms with Crippen LogP contribution in [-0.2, 0) is 17.1 Å². The predicted octanol–water partition coefficient (Wildman–Crippen LogP) is 1.35. The topological polar surface area (TPSA) is 81.2 Å². The van der Waals surface area contributed by atoms with Crippen molar-refractivity contribution in [2.45, 2.75) is 49.6 Å². The maximum atomic E-state index is 12.9. The van der Waals surface area contributed by atoms with E-state index in [0.717, 1.165) is 32.1 Å². The Kier molecular flexibility index (Phi) is 3.50. The van der Waals surface area contributed by atoms with Gasteiger partial charge in [0.15, 0.2) is 10.8 Å². The lowest BCUT2D eigenvalue weighted by atomic mass is 9.79. The Balaban J connectivity index is 1.98. The number of anilines is 1. The highest BCUT2D eigenvalue weighted by Gasteiger charge is 2.41. The van der Waals surface area contributed by atoms with Crippen LogP contribution in [-0.4, -0.2) is 34.9 Å². The predicted molar refractivity (Wildman–Crippen MR) is 76.5 cm³/mol. The summed E-state index contributed by atoms with van der Waals surface area (Å²) in [5.41, 5.74) is 5.76. The smallest absolute Gasteiger partial charge is 0.262 e. The Bertz CT molecular complexity index is 574. The minimum absolute atomic E-state index is 0.102. The third kappa shape index (κ3) is 2.13. The highest BCUT2D eigenvalue weighted by atomic mass is 32.2. The largest absolute Gasteiger partial charge is 0.381 e. The molecule has 2 aliphatic rings. The Labute approximate surface area is 120 Å². The lowest BCUT2D eigenvalue weighted by Crippen LogP contribution is -2.49. The van der Waals surface area contributed by atoms with Gasteiger partial charge in [0, 0.05) is 19.6 Å². The van der Waals surface area contributed by atoms with Crippen LogP contribution in [0.5, 0.6) is 0 Å². The molecule has 6 nitrogen and oxygen atoms in total. The molecule has 1 aromatic heterocycles. The number of hydrogen-bond donors (Lipinski definition) is 1. The van der Waals surface area contributed by atoms with Crippen molar-refractivity contribution in [2.24, 2.45) is 13.0 Å². The monoisotopic (exact) mass is 298 g/mol. The van der Waals surface area contributed by atoms with Gasteiger partial charge in [0.1, 0.15) is 0 Å². The number of aryl methyl sites for hydroxylation is 1. The molecule has 1 aromatic rings. The van der Waals surface area contributed by atoms with Crippen LogP contribution in [0.15, 0.2) is 11.4 Å². The number of piperidine rings is 1. The number of aromatic nitrogens is 2. The van der Waals surface area contributed by atoms with E-state index in [9.17, 15) is 8.42 Å². The molecular weight excluding hydrogens is 276 g/mol. The molecule has 2 unspecified atom stereocenters. The van der Waals surface area contributed by atoms with E-state index in [1.54, 1.807) is 11.4 Å². The van der Waals surface area contributed by atoms with E-state index in [1.165, 1.54) is 17.3 Å². The van der Waals surface area contributed by atoms with Gasteiger partial charge in [0.25, 0.3) is 10.0 Å². The second kappa shape index (κ2) is 5.04.